The van der Waals surface area contributed by atoms with Crippen molar-refractivity contribution in [1.82, 2.24) is 14.5 Å². The van der Waals surface area contributed by atoms with E-state index in [9.17, 15) is 0 Å². The second-order valence-electron chi connectivity index (χ2n) is 12.2. The van der Waals surface area contributed by atoms with Crippen LogP contribution in [-0.2, 0) is 0 Å². The Balaban J connectivity index is 1.19. The van der Waals surface area contributed by atoms with Gasteiger partial charge >= 0.3 is 0 Å². The SMILES string of the molecule is c1ccc(-c2nc(-c3cccc4oc5ccc(-c6ccc7c(c6)c6ccccc6n7-c6ccccc6)cc5c34)c3ccccc3n2)cc1. The quantitative estimate of drug-likeness (QED) is 0.198. The maximum absolute atomic E-state index is 6.47. The summed E-state index contributed by atoms with van der Waals surface area (Å²) in [6, 6.07) is 57.2. The fraction of sp³-hybridized carbons (Fsp3) is 0. The molecule has 0 aliphatic rings. The third-order valence-electron chi connectivity index (χ3n) is 9.41. The summed E-state index contributed by atoms with van der Waals surface area (Å²) < 4.78 is 8.82. The smallest absolute Gasteiger partial charge is 0.160 e. The minimum Gasteiger partial charge on any atom is -0.456 e. The van der Waals surface area contributed by atoms with Crippen molar-refractivity contribution in [1.29, 1.82) is 0 Å². The number of benzene rings is 7. The van der Waals surface area contributed by atoms with Gasteiger partial charge < -0.3 is 8.98 Å². The van der Waals surface area contributed by atoms with Crippen LogP contribution >= 0.6 is 0 Å². The van der Waals surface area contributed by atoms with Crippen LogP contribution in [0.3, 0.4) is 0 Å². The van der Waals surface area contributed by atoms with Crippen LogP contribution in [0.2, 0.25) is 0 Å². The third-order valence-corrected chi connectivity index (χ3v) is 9.41. The predicted molar refractivity (Wildman–Crippen MR) is 197 cm³/mol. The molecule has 0 fully saturated rings. The summed E-state index contributed by atoms with van der Waals surface area (Å²) in [6.07, 6.45) is 0. The molecule has 0 aliphatic carbocycles. The fourth-order valence-electron chi connectivity index (χ4n) is 7.21. The van der Waals surface area contributed by atoms with Crippen LogP contribution in [-0.4, -0.2) is 14.5 Å². The number of furan rings is 1. The normalized spacial score (nSPS) is 11.8. The van der Waals surface area contributed by atoms with Crippen molar-refractivity contribution in [3.8, 4) is 39.5 Å². The van der Waals surface area contributed by atoms with E-state index in [1.54, 1.807) is 0 Å². The molecular formula is C44H27N3O. The zero-order valence-electron chi connectivity index (χ0n) is 25.8. The standard InChI is InChI=1S/C44H27N3O/c1-3-12-28(13-4-1)44-45-37-19-9-7-17-33(37)43(46-44)34-18-11-21-41-42(34)36-27-30(23-25-40(36)48-41)29-22-24-39-35(26-29)32-16-8-10-20-38(32)47(39)31-14-5-2-6-15-31/h1-27H. The molecule has 10 aromatic rings. The summed E-state index contributed by atoms with van der Waals surface area (Å²) in [5.74, 6) is 0.706. The van der Waals surface area contributed by atoms with Crippen LogP contribution in [0.5, 0.6) is 0 Å². The van der Waals surface area contributed by atoms with Crippen LogP contribution < -0.4 is 0 Å². The Morgan fingerprint density at radius 3 is 1.98 bits per heavy atom. The van der Waals surface area contributed by atoms with E-state index in [-0.39, 0.29) is 0 Å². The summed E-state index contributed by atoms with van der Waals surface area (Å²) >= 11 is 0. The van der Waals surface area contributed by atoms with Gasteiger partial charge in [0.1, 0.15) is 11.2 Å². The first kappa shape index (κ1) is 26.7. The molecule has 48 heavy (non-hydrogen) atoms. The van der Waals surface area contributed by atoms with Gasteiger partial charge in [-0.05, 0) is 65.7 Å². The van der Waals surface area contributed by atoms with Crippen LogP contribution in [0.25, 0.3) is 94.1 Å². The highest BCUT2D eigenvalue weighted by Crippen LogP contribution is 2.41. The zero-order chi connectivity index (χ0) is 31.6. The third kappa shape index (κ3) is 4.10. The Kier molecular flexibility index (Phi) is 5.84. The first-order chi connectivity index (χ1) is 23.8. The van der Waals surface area contributed by atoms with E-state index < -0.39 is 0 Å². The largest absolute Gasteiger partial charge is 0.456 e. The van der Waals surface area contributed by atoms with E-state index in [0.717, 1.165) is 66.5 Å². The number of rotatable bonds is 4. The molecule has 0 saturated heterocycles. The molecular weight excluding hydrogens is 587 g/mol. The average molecular weight is 614 g/mol. The minimum absolute atomic E-state index is 0.706. The monoisotopic (exact) mass is 613 g/mol. The van der Waals surface area contributed by atoms with Gasteiger partial charge in [0.05, 0.1) is 22.2 Å². The number of aromatic nitrogens is 3. The molecule has 0 N–H and O–H groups in total. The molecule has 0 unspecified atom stereocenters. The van der Waals surface area contributed by atoms with Gasteiger partial charge in [-0.1, -0.05) is 109 Å². The van der Waals surface area contributed by atoms with E-state index in [4.69, 9.17) is 14.4 Å². The molecule has 4 nitrogen and oxygen atoms in total. The number of hydrogen-bond acceptors (Lipinski definition) is 3. The first-order valence-corrected chi connectivity index (χ1v) is 16.2. The Morgan fingerprint density at radius 1 is 0.438 bits per heavy atom. The van der Waals surface area contributed by atoms with Crippen LogP contribution in [0.4, 0.5) is 0 Å². The van der Waals surface area contributed by atoms with Gasteiger partial charge in [0, 0.05) is 43.7 Å². The second-order valence-corrected chi connectivity index (χ2v) is 12.2. The van der Waals surface area contributed by atoms with Crippen molar-refractivity contribution >= 4 is 54.6 Å². The molecule has 0 amide bonds. The molecule has 224 valence electrons. The highest BCUT2D eigenvalue weighted by atomic mass is 16.3. The van der Waals surface area contributed by atoms with Crippen molar-refractivity contribution in [2.75, 3.05) is 0 Å². The highest BCUT2D eigenvalue weighted by Gasteiger charge is 2.19. The summed E-state index contributed by atoms with van der Waals surface area (Å²) in [5.41, 5.74) is 11.3. The molecule has 7 aromatic carbocycles. The maximum Gasteiger partial charge on any atom is 0.160 e. The first-order valence-electron chi connectivity index (χ1n) is 16.2. The van der Waals surface area contributed by atoms with Gasteiger partial charge in [-0.15, -0.1) is 0 Å². The summed E-state index contributed by atoms with van der Waals surface area (Å²) in [6.45, 7) is 0. The van der Waals surface area contributed by atoms with Crippen molar-refractivity contribution in [2.45, 2.75) is 0 Å². The van der Waals surface area contributed by atoms with Crippen molar-refractivity contribution in [3.05, 3.63) is 164 Å². The van der Waals surface area contributed by atoms with Gasteiger partial charge in [0.15, 0.2) is 5.82 Å². The lowest BCUT2D eigenvalue weighted by Crippen LogP contribution is -1.95. The molecule has 0 bridgehead atoms. The number of fused-ring (bicyclic) bond motifs is 7. The zero-order valence-corrected chi connectivity index (χ0v) is 25.8. The summed E-state index contributed by atoms with van der Waals surface area (Å²) in [7, 11) is 0. The Bertz CT molecular complexity index is 2830. The molecule has 10 rings (SSSR count). The molecule has 0 saturated carbocycles. The lowest BCUT2D eigenvalue weighted by atomic mass is 9.97. The van der Waals surface area contributed by atoms with Gasteiger partial charge in [-0.25, -0.2) is 9.97 Å². The number of nitrogens with zero attached hydrogens (tertiary/aromatic N) is 3. The van der Waals surface area contributed by atoms with Crippen molar-refractivity contribution < 1.29 is 4.42 Å². The molecule has 0 radical (unpaired) electrons. The fourth-order valence-corrected chi connectivity index (χ4v) is 7.21. The summed E-state index contributed by atoms with van der Waals surface area (Å²) in [4.78, 5) is 10.1. The molecule has 3 heterocycles. The molecule has 0 atom stereocenters. The van der Waals surface area contributed by atoms with Gasteiger partial charge in [-0.3, -0.25) is 0 Å². The summed E-state index contributed by atoms with van der Waals surface area (Å²) in [5, 5.41) is 5.59. The second kappa shape index (κ2) is 10.5. The predicted octanol–water partition coefficient (Wildman–Crippen LogP) is 11.6. The molecule has 4 heteroatoms. The molecule has 3 aromatic heterocycles. The minimum atomic E-state index is 0.706. The van der Waals surface area contributed by atoms with Crippen LogP contribution in [0.1, 0.15) is 0 Å². The Morgan fingerprint density at radius 2 is 1.12 bits per heavy atom. The maximum atomic E-state index is 6.47. The highest BCUT2D eigenvalue weighted by molar-refractivity contribution is 6.16. The lowest BCUT2D eigenvalue weighted by Gasteiger charge is -2.10. The Hall–Kier alpha value is -6.52. The van der Waals surface area contributed by atoms with E-state index >= 15 is 0 Å². The lowest BCUT2D eigenvalue weighted by molar-refractivity contribution is 0.669. The van der Waals surface area contributed by atoms with Gasteiger partial charge in [0.25, 0.3) is 0 Å². The number of hydrogen-bond donors (Lipinski definition) is 0. The molecule has 0 spiro atoms. The average Bonchev–Trinajstić information content (AvgIpc) is 3.70. The molecule has 0 aliphatic heterocycles. The van der Waals surface area contributed by atoms with Crippen LogP contribution in [0, 0.1) is 0 Å². The topological polar surface area (TPSA) is 43.9 Å². The van der Waals surface area contributed by atoms with Crippen molar-refractivity contribution in [2.24, 2.45) is 0 Å². The van der Waals surface area contributed by atoms with Crippen molar-refractivity contribution in [3.63, 3.8) is 0 Å². The van der Waals surface area contributed by atoms with E-state index in [0.29, 0.717) is 5.82 Å². The Labute approximate surface area is 276 Å². The van der Waals surface area contributed by atoms with E-state index in [1.807, 2.05) is 36.4 Å². The van der Waals surface area contributed by atoms with E-state index in [1.165, 1.54) is 21.8 Å². The van der Waals surface area contributed by atoms with Crippen LogP contribution in [0.15, 0.2) is 168 Å². The number of para-hydroxylation sites is 3. The van der Waals surface area contributed by atoms with Gasteiger partial charge in [-0.2, -0.15) is 0 Å². The van der Waals surface area contributed by atoms with E-state index in [2.05, 4.69) is 132 Å². The van der Waals surface area contributed by atoms with Gasteiger partial charge in [0.2, 0.25) is 0 Å².